The molecule has 1 amide bonds. The summed E-state index contributed by atoms with van der Waals surface area (Å²) in [6.45, 7) is 4.69. The molecule has 2 aromatic rings. The highest BCUT2D eigenvalue weighted by Gasteiger charge is 2.22. The van der Waals surface area contributed by atoms with Crippen LogP contribution in [0.5, 0.6) is 5.75 Å². The lowest BCUT2D eigenvalue weighted by atomic mass is 10.1. The van der Waals surface area contributed by atoms with Crippen LogP contribution in [0.25, 0.3) is 0 Å². The van der Waals surface area contributed by atoms with Gasteiger partial charge in [0.2, 0.25) is 0 Å². The molecule has 0 fully saturated rings. The van der Waals surface area contributed by atoms with Crippen molar-refractivity contribution in [2.75, 3.05) is 7.11 Å². The molecule has 0 aliphatic heterocycles. The van der Waals surface area contributed by atoms with E-state index >= 15 is 0 Å². The van der Waals surface area contributed by atoms with Crippen molar-refractivity contribution in [1.29, 1.82) is 0 Å². The zero-order valence-corrected chi connectivity index (χ0v) is 14.4. The van der Waals surface area contributed by atoms with Crippen LogP contribution in [0.4, 0.5) is 5.69 Å². The summed E-state index contributed by atoms with van der Waals surface area (Å²) in [6.07, 6.45) is 0. The number of carbonyl (C=O) groups is 1. The molecule has 1 aromatic carbocycles. The Morgan fingerprint density at radius 2 is 2.00 bits per heavy atom. The van der Waals surface area contributed by atoms with Crippen LogP contribution in [0.1, 0.15) is 23.9 Å². The van der Waals surface area contributed by atoms with Gasteiger partial charge < -0.3 is 4.74 Å². The number of nitro groups is 1. The van der Waals surface area contributed by atoms with E-state index in [2.05, 4.69) is 15.6 Å². The molecule has 0 saturated carbocycles. The van der Waals surface area contributed by atoms with Gasteiger partial charge in [-0.1, -0.05) is 0 Å². The van der Waals surface area contributed by atoms with Gasteiger partial charge in [0.25, 0.3) is 5.91 Å². The molecule has 1 aromatic heterocycles. The van der Waals surface area contributed by atoms with Crippen molar-refractivity contribution in [3.63, 3.8) is 0 Å². The van der Waals surface area contributed by atoms with E-state index in [1.807, 2.05) is 12.1 Å². The lowest BCUT2D eigenvalue weighted by molar-refractivity contribution is -0.386. The highest BCUT2D eigenvalue weighted by Crippen LogP contribution is 2.21. The number of hydrogen-bond acceptors (Lipinski definition) is 6. The van der Waals surface area contributed by atoms with Crippen molar-refractivity contribution in [2.24, 2.45) is 5.10 Å². The molecule has 0 saturated heterocycles. The molecule has 25 heavy (non-hydrogen) atoms. The van der Waals surface area contributed by atoms with Crippen LogP contribution in [0.15, 0.2) is 29.4 Å². The van der Waals surface area contributed by atoms with Crippen LogP contribution in [0.3, 0.4) is 0 Å². The average Bonchev–Trinajstić information content (AvgIpc) is 2.86. The summed E-state index contributed by atoms with van der Waals surface area (Å²) in [5, 5.41) is 19.0. The molecule has 0 aliphatic carbocycles. The van der Waals surface area contributed by atoms with E-state index in [4.69, 9.17) is 4.74 Å². The number of nitrogens with one attached hydrogen (secondary N) is 1. The van der Waals surface area contributed by atoms with Gasteiger partial charge >= 0.3 is 5.69 Å². The first-order chi connectivity index (χ1) is 11.8. The van der Waals surface area contributed by atoms with Gasteiger partial charge in [0.05, 0.1) is 17.7 Å². The number of amides is 1. The molecule has 2 rings (SSSR count). The maximum absolute atomic E-state index is 12.0. The van der Waals surface area contributed by atoms with E-state index in [-0.39, 0.29) is 17.9 Å². The third-order valence-electron chi connectivity index (χ3n) is 3.68. The van der Waals surface area contributed by atoms with Gasteiger partial charge in [-0.15, -0.1) is 0 Å². The number of hydrazone groups is 1. The maximum Gasteiger partial charge on any atom is 0.312 e. The molecule has 132 valence electrons. The Bertz CT molecular complexity index is 824. The van der Waals surface area contributed by atoms with Gasteiger partial charge in [-0.25, -0.2) is 5.43 Å². The van der Waals surface area contributed by atoms with Crippen molar-refractivity contribution in [1.82, 2.24) is 15.2 Å². The Hall–Kier alpha value is -3.23. The second-order valence-electron chi connectivity index (χ2n) is 5.39. The fourth-order valence-electron chi connectivity index (χ4n) is 2.32. The molecule has 0 radical (unpaired) electrons. The third kappa shape index (κ3) is 4.19. The second-order valence-corrected chi connectivity index (χ2v) is 5.39. The summed E-state index contributed by atoms with van der Waals surface area (Å²) in [5.41, 5.74) is 4.41. The quantitative estimate of drug-likeness (QED) is 0.488. The SMILES string of the molecule is COc1ccc(C(C)=NNC(=O)Cn2nc(C)c([N+](=O)[O-])c2C)cc1. The maximum atomic E-state index is 12.0. The van der Waals surface area contributed by atoms with Crippen molar-refractivity contribution in [2.45, 2.75) is 27.3 Å². The molecular formula is C16H19N5O4. The minimum atomic E-state index is -0.502. The summed E-state index contributed by atoms with van der Waals surface area (Å²) in [4.78, 5) is 22.5. The standard InChI is InChI=1S/C16H19N5O4/c1-10(13-5-7-14(25-4)8-6-13)17-18-15(22)9-20-12(3)16(21(23)24)11(2)19-20/h5-8H,9H2,1-4H3,(H,18,22). The zero-order valence-electron chi connectivity index (χ0n) is 14.4. The van der Waals surface area contributed by atoms with Crippen LogP contribution in [-0.2, 0) is 11.3 Å². The van der Waals surface area contributed by atoms with Gasteiger partial charge in [0, 0.05) is 0 Å². The number of aromatic nitrogens is 2. The lowest BCUT2D eigenvalue weighted by Gasteiger charge is -2.05. The Balaban J connectivity index is 2.05. The summed E-state index contributed by atoms with van der Waals surface area (Å²) < 4.78 is 6.38. The van der Waals surface area contributed by atoms with E-state index in [1.165, 1.54) is 11.6 Å². The topological polar surface area (TPSA) is 112 Å². The third-order valence-corrected chi connectivity index (χ3v) is 3.68. The minimum absolute atomic E-state index is 0.0780. The Kier molecular flexibility index (Phi) is 5.48. The first-order valence-corrected chi connectivity index (χ1v) is 7.49. The number of benzene rings is 1. The second kappa shape index (κ2) is 7.56. The minimum Gasteiger partial charge on any atom is -0.497 e. The number of rotatable bonds is 6. The number of hydrogen-bond donors (Lipinski definition) is 1. The van der Waals surface area contributed by atoms with Crippen molar-refractivity contribution >= 4 is 17.3 Å². The number of nitrogens with zero attached hydrogens (tertiary/aromatic N) is 4. The first kappa shape index (κ1) is 18.1. The first-order valence-electron chi connectivity index (χ1n) is 7.49. The van der Waals surface area contributed by atoms with Gasteiger partial charge in [0.1, 0.15) is 23.7 Å². The molecule has 0 atom stereocenters. The van der Waals surface area contributed by atoms with Gasteiger partial charge in [-0.3, -0.25) is 19.6 Å². The number of carbonyl (C=O) groups excluding carboxylic acids is 1. The van der Waals surface area contributed by atoms with Crippen molar-refractivity contribution < 1.29 is 14.5 Å². The molecule has 0 bridgehead atoms. The predicted octanol–water partition coefficient (Wildman–Crippen LogP) is 1.96. The predicted molar refractivity (Wildman–Crippen MR) is 91.7 cm³/mol. The summed E-state index contributed by atoms with van der Waals surface area (Å²) in [5.74, 6) is 0.306. The molecule has 0 spiro atoms. The van der Waals surface area contributed by atoms with E-state index in [0.29, 0.717) is 11.4 Å². The number of ether oxygens (including phenoxy) is 1. The van der Waals surface area contributed by atoms with Crippen LogP contribution < -0.4 is 10.2 Å². The van der Waals surface area contributed by atoms with Crippen molar-refractivity contribution in [3.05, 3.63) is 51.3 Å². The summed E-state index contributed by atoms with van der Waals surface area (Å²) >= 11 is 0. The van der Waals surface area contributed by atoms with E-state index in [1.54, 1.807) is 33.1 Å². The van der Waals surface area contributed by atoms with Crippen LogP contribution in [0.2, 0.25) is 0 Å². The molecule has 0 unspecified atom stereocenters. The highest BCUT2D eigenvalue weighted by atomic mass is 16.6. The molecule has 0 aliphatic rings. The molecule has 9 heteroatoms. The smallest absolute Gasteiger partial charge is 0.312 e. The van der Waals surface area contributed by atoms with Crippen LogP contribution in [-0.4, -0.2) is 33.4 Å². The molecule has 1 N–H and O–H groups in total. The van der Waals surface area contributed by atoms with Crippen LogP contribution >= 0.6 is 0 Å². The van der Waals surface area contributed by atoms with E-state index < -0.39 is 10.8 Å². The molecule has 9 nitrogen and oxygen atoms in total. The number of methoxy groups -OCH3 is 1. The molecular weight excluding hydrogens is 326 g/mol. The normalized spacial score (nSPS) is 11.3. The number of aryl methyl sites for hydroxylation is 1. The van der Waals surface area contributed by atoms with Crippen LogP contribution in [0, 0.1) is 24.0 Å². The largest absolute Gasteiger partial charge is 0.497 e. The Morgan fingerprint density at radius 3 is 2.52 bits per heavy atom. The fourth-order valence-corrected chi connectivity index (χ4v) is 2.32. The van der Waals surface area contributed by atoms with Gasteiger partial charge in [-0.2, -0.15) is 10.2 Å². The monoisotopic (exact) mass is 345 g/mol. The molecule has 1 heterocycles. The Morgan fingerprint density at radius 1 is 1.36 bits per heavy atom. The van der Waals surface area contributed by atoms with Crippen molar-refractivity contribution in [3.8, 4) is 5.75 Å². The van der Waals surface area contributed by atoms with Gasteiger partial charge in [-0.05, 0) is 50.6 Å². The zero-order chi connectivity index (χ0) is 18.6. The lowest BCUT2D eigenvalue weighted by Crippen LogP contribution is -2.25. The average molecular weight is 345 g/mol. The summed E-state index contributed by atoms with van der Waals surface area (Å²) in [7, 11) is 1.58. The van der Waals surface area contributed by atoms with E-state index in [0.717, 1.165) is 11.3 Å². The highest BCUT2D eigenvalue weighted by molar-refractivity contribution is 5.99. The van der Waals surface area contributed by atoms with Gasteiger partial charge in [0.15, 0.2) is 0 Å². The fraction of sp³-hybridized carbons (Fsp3) is 0.312. The van der Waals surface area contributed by atoms with E-state index in [9.17, 15) is 14.9 Å². The Labute approximate surface area is 144 Å². The summed E-state index contributed by atoms with van der Waals surface area (Å²) in [6, 6.07) is 7.25.